The Morgan fingerprint density at radius 1 is 1.17 bits per heavy atom. The lowest BCUT2D eigenvalue weighted by molar-refractivity contribution is -0.123. The van der Waals surface area contributed by atoms with Gasteiger partial charge in [0.25, 0.3) is 0 Å². The predicted molar refractivity (Wildman–Crippen MR) is 109 cm³/mol. The van der Waals surface area contributed by atoms with Crippen LogP contribution < -0.4 is 10.5 Å². The van der Waals surface area contributed by atoms with Crippen LogP contribution in [-0.4, -0.2) is 66.6 Å². The second-order valence-electron chi connectivity index (χ2n) is 9.96. The van der Waals surface area contributed by atoms with Gasteiger partial charge in [-0.2, -0.15) is 0 Å². The van der Waals surface area contributed by atoms with Gasteiger partial charge in [-0.05, 0) is 64.2 Å². The van der Waals surface area contributed by atoms with E-state index in [2.05, 4.69) is 4.72 Å². The molecule has 0 aromatic rings. The van der Waals surface area contributed by atoms with E-state index in [0.717, 1.165) is 38.5 Å². The van der Waals surface area contributed by atoms with E-state index in [1.807, 2.05) is 11.8 Å². The molecule has 8 nitrogen and oxygen atoms in total. The number of rotatable bonds is 6. The average Bonchev–Trinajstić information content (AvgIpc) is 3.35. The number of primary amides is 1. The summed E-state index contributed by atoms with van der Waals surface area (Å²) in [6, 6.07) is -0.0221. The molecule has 3 saturated carbocycles. The van der Waals surface area contributed by atoms with Crippen molar-refractivity contribution in [2.24, 2.45) is 17.6 Å². The summed E-state index contributed by atoms with van der Waals surface area (Å²) in [7, 11) is -1.59. The molecule has 4 aliphatic rings. The number of amides is 3. The Labute approximate surface area is 173 Å². The molecule has 5 atom stereocenters. The van der Waals surface area contributed by atoms with Gasteiger partial charge in [-0.25, -0.2) is 17.9 Å². The van der Waals surface area contributed by atoms with Crippen LogP contribution in [0.25, 0.3) is 0 Å². The quantitative estimate of drug-likeness (QED) is 0.668. The van der Waals surface area contributed by atoms with Crippen molar-refractivity contribution in [2.45, 2.75) is 87.6 Å². The van der Waals surface area contributed by atoms with E-state index in [0.29, 0.717) is 25.8 Å². The maximum absolute atomic E-state index is 13.0. The van der Waals surface area contributed by atoms with Gasteiger partial charge in [0.1, 0.15) is 0 Å². The first kappa shape index (κ1) is 20.9. The number of nitrogens with zero attached hydrogens (tertiary/aromatic N) is 2. The fraction of sp³-hybridized carbons (Fsp3) is 0.900. The first-order chi connectivity index (χ1) is 13.6. The van der Waals surface area contributed by atoms with Gasteiger partial charge in [0.15, 0.2) is 0 Å². The van der Waals surface area contributed by atoms with E-state index >= 15 is 0 Å². The lowest BCUT2D eigenvalue weighted by atomic mass is 9.80. The van der Waals surface area contributed by atoms with Crippen molar-refractivity contribution < 1.29 is 18.0 Å². The van der Waals surface area contributed by atoms with Gasteiger partial charge in [0.2, 0.25) is 15.9 Å². The van der Waals surface area contributed by atoms with E-state index in [4.69, 9.17) is 5.73 Å². The Kier molecular flexibility index (Phi) is 5.34. The Hall–Kier alpha value is -1.35. The van der Waals surface area contributed by atoms with Crippen molar-refractivity contribution in [3.63, 3.8) is 0 Å². The summed E-state index contributed by atoms with van der Waals surface area (Å²) in [5.41, 5.74) is 5.24. The number of fused-ring (bicyclic) bond motifs is 1. The molecular formula is C20H34N4O4S. The Morgan fingerprint density at radius 3 is 2.55 bits per heavy atom. The molecule has 4 rings (SSSR count). The zero-order chi connectivity index (χ0) is 21.0. The minimum absolute atomic E-state index is 0.0126. The number of carbonyl (C=O) groups is 2. The van der Waals surface area contributed by atoms with Crippen LogP contribution >= 0.6 is 0 Å². The lowest BCUT2D eigenvalue weighted by Crippen LogP contribution is -2.50. The molecule has 3 amide bonds. The van der Waals surface area contributed by atoms with Crippen LogP contribution in [0.4, 0.5) is 4.79 Å². The first-order valence-corrected chi connectivity index (χ1v) is 12.5. The lowest BCUT2D eigenvalue weighted by Gasteiger charge is -2.37. The van der Waals surface area contributed by atoms with Crippen LogP contribution in [0.2, 0.25) is 0 Å². The summed E-state index contributed by atoms with van der Waals surface area (Å²) >= 11 is 0. The summed E-state index contributed by atoms with van der Waals surface area (Å²) in [6.07, 6.45) is 7.13. The molecule has 0 spiro atoms. The number of hydrogen-bond acceptors (Lipinski definition) is 4. The van der Waals surface area contributed by atoms with Crippen LogP contribution in [0.1, 0.15) is 64.7 Å². The summed E-state index contributed by atoms with van der Waals surface area (Å²) in [6.45, 7) is 2.59. The third-order valence-electron chi connectivity index (χ3n) is 7.65. The summed E-state index contributed by atoms with van der Waals surface area (Å²) in [5, 5.41) is -0.440. The fourth-order valence-electron chi connectivity index (χ4n) is 5.56. The highest BCUT2D eigenvalue weighted by Crippen LogP contribution is 2.40. The highest BCUT2D eigenvalue weighted by Gasteiger charge is 2.51. The molecule has 1 saturated heterocycles. The van der Waals surface area contributed by atoms with Crippen LogP contribution in [0, 0.1) is 11.8 Å². The van der Waals surface area contributed by atoms with E-state index < -0.39 is 15.3 Å². The van der Waals surface area contributed by atoms with Gasteiger partial charge in [-0.1, -0.05) is 6.42 Å². The maximum Gasteiger partial charge on any atom is 0.320 e. The summed E-state index contributed by atoms with van der Waals surface area (Å²) in [5.74, 6) is -0.0361. The molecule has 164 valence electrons. The molecule has 1 aliphatic heterocycles. The molecule has 0 aromatic carbocycles. The molecule has 9 heteroatoms. The second kappa shape index (κ2) is 7.41. The minimum atomic E-state index is -3.38. The highest BCUT2D eigenvalue weighted by atomic mass is 32.2. The minimum Gasteiger partial charge on any atom is -0.369 e. The van der Waals surface area contributed by atoms with Crippen LogP contribution in [0.5, 0.6) is 0 Å². The summed E-state index contributed by atoms with van der Waals surface area (Å²) < 4.78 is 28.6. The van der Waals surface area contributed by atoms with E-state index in [-0.39, 0.29) is 41.4 Å². The third-order valence-corrected chi connectivity index (χ3v) is 9.73. The van der Waals surface area contributed by atoms with Crippen molar-refractivity contribution in [3.8, 4) is 0 Å². The largest absolute Gasteiger partial charge is 0.369 e. The Bertz CT molecular complexity index is 781. The molecule has 29 heavy (non-hydrogen) atoms. The molecule has 5 unspecified atom stereocenters. The number of sulfonamides is 1. The average molecular weight is 427 g/mol. The Morgan fingerprint density at radius 2 is 1.90 bits per heavy atom. The number of carbonyl (C=O) groups excluding carboxylic acids is 2. The number of nitrogens with two attached hydrogens (primary N) is 1. The molecule has 3 aliphatic carbocycles. The number of hydrogen-bond donors (Lipinski definition) is 2. The van der Waals surface area contributed by atoms with Gasteiger partial charge in [0, 0.05) is 25.0 Å². The molecular weight excluding hydrogens is 392 g/mol. The van der Waals surface area contributed by atoms with E-state index in [9.17, 15) is 18.0 Å². The van der Waals surface area contributed by atoms with Gasteiger partial charge in [0.05, 0.1) is 17.3 Å². The van der Waals surface area contributed by atoms with Gasteiger partial charge in [-0.3, -0.25) is 4.79 Å². The SMILES string of the molecule is CN1C(=O)N(CC2CCCC(C(N)=O)C2)C2CCC(S(=O)(=O)NC3(C)CC3)CC21. The number of likely N-dealkylation sites (N-methyl/N-ethyl adjacent to an activating group) is 1. The smallest absolute Gasteiger partial charge is 0.320 e. The van der Waals surface area contributed by atoms with E-state index in [1.54, 1.807) is 11.9 Å². The van der Waals surface area contributed by atoms with Crippen molar-refractivity contribution in [1.82, 2.24) is 14.5 Å². The van der Waals surface area contributed by atoms with E-state index in [1.165, 1.54) is 0 Å². The van der Waals surface area contributed by atoms with Crippen molar-refractivity contribution in [1.29, 1.82) is 0 Å². The van der Waals surface area contributed by atoms with Crippen LogP contribution in [-0.2, 0) is 14.8 Å². The number of nitrogens with one attached hydrogen (secondary N) is 1. The molecule has 0 bridgehead atoms. The summed E-state index contributed by atoms with van der Waals surface area (Å²) in [4.78, 5) is 28.2. The normalized spacial score (nSPS) is 36.8. The topological polar surface area (TPSA) is 113 Å². The second-order valence-corrected chi connectivity index (χ2v) is 11.9. The predicted octanol–water partition coefficient (Wildman–Crippen LogP) is 1.41. The molecule has 1 heterocycles. The highest BCUT2D eigenvalue weighted by molar-refractivity contribution is 7.90. The number of urea groups is 1. The zero-order valence-corrected chi connectivity index (χ0v) is 18.3. The fourth-order valence-corrected chi connectivity index (χ4v) is 7.52. The van der Waals surface area contributed by atoms with Crippen molar-refractivity contribution >= 4 is 22.0 Å². The monoisotopic (exact) mass is 426 g/mol. The molecule has 3 N–H and O–H groups in total. The van der Waals surface area contributed by atoms with Gasteiger partial charge < -0.3 is 15.5 Å². The molecule has 0 aromatic heterocycles. The van der Waals surface area contributed by atoms with Gasteiger partial charge >= 0.3 is 6.03 Å². The zero-order valence-electron chi connectivity index (χ0n) is 17.5. The van der Waals surface area contributed by atoms with Crippen molar-refractivity contribution in [3.05, 3.63) is 0 Å². The standard InChI is InChI=1S/C20H34N4O4S/c1-20(8-9-20)22-29(27,28)15-6-7-16-17(11-15)23(2)19(26)24(16)12-13-4-3-5-14(10-13)18(21)25/h13-17,22H,3-12H2,1-2H3,(H2,21,25). The third kappa shape index (κ3) is 4.13. The van der Waals surface area contributed by atoms with Crippen LogP contribution in [0.15, 0.2) is 0 Å². The maximum atomic E-state index is 13.0. The van der Waals surface area contributed by atoms with Crippen LogP contribution in [0.3, 0.4) is 0 Å². The molecule has 4 fully saturated rings. The van der Waals surface area contributed by atoms with Crippen molar-refractivity contribution in [2.75, 3.05) is 13.6 Å². The Balaban J connectivity index is 1.42. The molecule has 0 radical (unpaired) electrons. The van der Waals surface area contributed by atoms with Gasteiger partial charge in [-0.15, -0.1) is 0 Å². The first-order valence-electron chi connectivity index (χ1n) is 11.0.